The molecule has 16 heavy (non-hydrogen) atoms. The van der Waals surface area contributed by atoms with Crippen LogP contribution >= 0.6 is 0 Å². The average molecular weight is 226 g/mol. The fraction of sp³-hybridized carbons (Fsp3) is 0.923. The number of hydrogen-bond donors (Lipinski definition) is 1. The molecule has 1 rings (SSSR count). The first-order valence-corrected chi connectivity index (χ1v) is 6.61. The Hall–Kier alpha value is -0.570. The number of likely N-dealkylation sites (N-methyl/N-ethyl adjacent to an activating group) is 1. The zero-order chi connectivity index (χ0) is 12.0. The lowest BCUT2D eigenvalue weighted by Crippen LogP contribution is -2.39. The quantitative estimate of drug-likeness (QED) is 0.754. The summed E-state index contributed by atoms with van der Waals surface area (Å²) in [6.45, 7) is 2.54. The van der Waals surface area contributed by atoms with Gasteiger partial charge >= 0.3 is 0 Å². The van der Waals surface area contributed by atoms with Crippen LogP contribution in [-0.4, -0.2) is 30.4 Å². The van der Waals surface area contributed by atoms with Crippen molar-refractivity contribution in [1.82, 2.24) is 4.90 Å². The van der Waals surface area contributed by atoms with Crippen LogP contribution in [0.5, 0.6) is 0 Å². The molecule has 1 aliphatic carbocycles. The minimum Gasteiger partial charge on any atom is -0.342 e. The fourth-order valence-electron chi connectivity index (χ4n) is 2.42. The van der Waals surface area contributed by atoms with Crippen LogP contribution in [-0.2, 0) is 4.79 Å². The molecule has 3 heteroatoms. The number of rotatable bonds is 6. The van der Waals surface area contributed by atoms with Crippen molar-refractivity contribution in [2.75, 3.05) is 13.6 Å². The Morgan fingerprint density at radius 1 is 1.44 bits per heavy atom. The third-order valence-electron chi connectivity index (χ3n) is 3.87. The molecule has 1 unspecified atom stereocenters. The van der Waals surface area contributed by atoms with Gasteiger partial charge in [0, 0.05) is 26.1 Å². The summed E-state index contributed by atoms with van der Waals surface area (Å²) in [6, 6.07) is 0.166. The maximum Gasteiger partial charge on any atom is 0.222 e. The summed E-state index contributed by atoms with van der Waals surface area (Å²) < 4.78 is 0. The van der Waals surface area contributed by atoms with Gasteiger partial charge in [-0.2, -0.15) is 0 Å². The number of carbonyl (C=O) groups excluding carboxylic acids is 1. The van der Waals surface area contributed by atoms with Gasteiger partial charge in [0.1, 0.15) is 0 Å². The third kappa shape index (κ3) is 4.12. The lowest BCUT2D eigenvalue weighted by Gasteiger charge is -2.23. The normalized spacial score (nSPS) is 18.7. The van der Waals surface area contributed by atoms with Crippen LogP contribution in [0.4, 0.5) is 0 Å². The van der Waals surface area contributed by atoms with E-state index in [0.29, 0.717) is 13.0 Å². The van der Waals surface area contributed by atoms with Gasteiger partial charge in [0.25, 0.3) is 0 Å². The predicted molar refractivity (Wildman–Crippen MR) is 67.1 cm³/mol. The molecule has 0 saturated heterocycles. The predicted octanol–water partition coefficient (Wildman–Crippen LogP) is 2.15. The monoisotopic (exact) mass is 226 g/mol. The number of amides is 1. The molecule has 0 heterocycles. The summed E-state index contributed by atoms with van der Waals surface area (Å²) in [5.74, 6) is 1.14. The molecule has 1 aliphatic rings. The first-order chi connectivity index (χ1) is 7.65. The van der Waals surface area contributed by atoms with Crippen molar-refractivity contribution in [1.29, 1.82) is 0 Å². The van der Waals surface area contributed by atoms with Crippen molar-refractivity contribution in [3.63, 3.8) is 0 Å². The highest BCUT2D eigenvalue weighted by atomic mass is 16.2. The van der Waals surface area contributed by atoms with Crippen molar-refractivity contribution >= 4 is 5.91 Å². The van der Waals surface area contributed by atoms with E-state index >= 15 is 0 Å². The Labute approximate surface area is 99.4 Å². The molecule has 0 spiro atoms. The molecular weight excluding hydrogens is 200 g/mol. The molecule has 3 nitrogen and oxygen atoms in total. The second-order valence-corrected chi connectivity index (χ2v) is 5.13. The van der Waals surface area contributed by atoms with Gasteiger partial charge in [-0.25, -0.2) is 0 Å². The number of carbonyl (C=O) groups is 1. The van der Waals surface area contributed by atoms with Crippen LogP contribution in [0.2, 0.25) is 0 Å². The van der Waals surface area contributed by atoms with Crippen molar-refractivity contribution < 1.29 is 4.79 Å². The molecule has 0 aliphatic heterocycles. The van der Waals surface area contributed by atoms with Crippen molar-refractivity contribution in [2.24, 2.45) is 11.7 Å². The minimum atomic E-state index is 0.166. The van der Waals surface area contributed by atoms with Crippen molar-refractivity contribution in [2.45, 2.75) is 57.9 Å². The fourth-order valence-corrected chi connectivity index (χ4v) is 2.42. The Morgan fingerprint density at radius 2 is 2.06 bits per heavy atom. The zero-order valence-electron chi connectivity index (χ0n) is 10.7. The van der Waals surface area contributed by atoms with E-state index < -0.39 is 0 Å². The Morgan fingerprint density at radius 3 is 2.62 bits per heavy atom. The van der Waals surface area contributed by atoms with E-state index in [1.165, 1.54) is 32.1 Å². The molecule has 1 saturated carbocycles. The van der Waals surface area contributed by atoms with Gasteiger partial charge in [0.05, 0.1) is 0 Å². The molecule has 1 atom stereocenters. The summed E-state index contributed by atoms with van der Waals surface area (Å²) in [5.41, 5.74) is 5.55. The highest BCUT2D eigenvalue weighted by Crippen LogP contribution is 2.28. The zero-order valence-corrected chi connectivity index (χ0v) is 10.7. The molecule has 94 valence electrons. The first-order valence-electron chi connectivity index (χ1n) is 6.61. The van der Waals surface area contributed by atoms with Crippen LogP contribution in [0, 0.1) is 5.92 Å². The van der Waals surface area contributed by atoms with Gasteiger partial charge in [-0.3, -0.25) is 4.79 Å². The topological polar surface area (TPSA) is 46.3 Å². The second kappa shape index (κ2) is 6.89. The minimum absolute atomic E-state index is 0.166. The molecule has 1 fully saturated rings. The van der Waals surface area contributed by atoms with Crippen LogP contribution in [0.3, 0.4) is 0 Å². The number of nitrogens with two attached hydrogens (primary N) is 1. The summed E-state index contributed by atoms with van der Waals surface area (Å²) in [7, 11) is 1.86. The van der Waals surface area contributed by atoms with E-state index in [0.717, 1.165) is 12.3 Å². The third-order valence-corrected chi connectivity index (χ3v) is 3.87. The van der Waals surface area contributed by atoms with Gasteiger partial charge in [0.15, 0.2) is 0 Å². The smallest absolute Gasteiger partial charge is 0.222 e. The molecule has 0 aromatic rings. The van der Waals surface area contributed by atoms with Gasteiger partial charge in [0.2, 0.25) is 5.91 Å². The Bertz CT molecular complexity index is 212. The highest BCUT2D eigenvalue weighted by molar-refractivity contribution is 5.76. The molecule has 0 radical (unpaired) electrons. The summed E-state index contributed by atoms with van der Waals surface area (Å²) >= 11 is 0. The highest BCUT2D eigenvalue weighted by Gasteiger charge is 2.17. The largest absolute Gasteiger partial charge is 0.342 e. The number of nitrogens with zero attached hydrogens (tertiary/aromatic N) is 1. The maximum absolute atomic E-state index is 11.8. The standard InChI is InChI=1S/C13H26N2O/c1-11(10-14)15(2)13(16)9-5-8-12-6-3-4-7-12/h11-12H,3-10,14H2,1-2H3. The molecular formula is C13H26N2O. The second-order valence-electron chi connectivity index (χ2n) is 5.13. The van der Waals surface area contributed by atoms with E-state index in [-0.39, 0.29) is 11.9 Å². The lowest BCUT2D eigenvalue weighted by molar-refractivity contribution is -0.131. The van der Waals surface area contributed by atoms with Gasteiger partial charge in [-0.15, -0.1) is 0 Å². The summed E-state index contributed by atoms with van der Waals surface area (Å²) in [4.78, 5) is 13.6. The number of hydrogen-bond acceptors (Lipinski definition) is 2. The lowest BCUT2D eigenvalue weighted by atomic mass is 10.0. The van der Waals surface area contributed by atoms with Crippen LogP contribution < -0.4 is 5.73 Å². The Kier molecular flexibility index (Phi) is 5.81. The van der Waals surface area contributed by atoms with Crippen LogP contribution in [0.1, 0.15) is 51.9 Å². The molecule has 0 bridgehead atoms. The van der Waals surface area contributed by atoms with Crippen LogP contribution in [0.15, 0.2) is 0 Å². The van der Waals surface area contributed by atoms with Gasteiger partial charge in [-0.05, 0) is 25.7 Å². The van der Waals surface area contributed by atoms with E-state index in [1.807, 2.05) is 14.0 Å². The first kappa shape index (κ1) is 13.5. The summed E-state index contributed by atoms with van der Waals surface area (Å²) in [6.07, 6.45) is 8.51. The maximum atomic E-state index is 11.8. The van der Waals surface area contributed by atoms with E-state index in [2.05, 4.69) is 0 Å². The van der Waals surface area contributed by atoms with E-state index in [1.54, 1.807) is 4.90 Å². The molecule has 0 aromatic carbocycles. The van der Waals surface area contributed by atoms with Crippen molar-refractivity contribution in [3.05, 3.63) is 0 Å². The molecule has 1 amide bonds. The molecule has 0 aromatic heterocycles. The van der Waals surface area contributed by atoms with Crippen LogP contribution in [0.25, 0.3) is 0 Å². The van der Waals surface area contributed by atoms with Crippen molar-refractivity contribution in [3.8, 4) is 0 Å². The van der Waals surface area contributed by atoms with E-state index in [4.69, 9.17) is 5.73 Å². The van der Waals surface area contributed by atoms with Gasteiger partial charge < -0.3 is 10.6 Å². The summed E-state index contributed by atoms with van der Waals surface area (Å²) in [5, 5.41) is 0. The average Bonchev–Trinajstić information content (AvgIpc) is 2.79. The van der Waals surface area contributed by atoms with E-state index in [9.17, 15) is 4.79 Å². The SMILES string of the molecule is CC(CN)N(C)C(=O)CCCC1CCCC1. The Balaban J connectivity index is 2.13. The van der Waals surface area contributed by atoms with Gasteiger partial charge in [-0.1, -0.05) is 25.7 Å². The molecule has 2 N–H and O–H groups in total.